The van der Waals surface area contributed by atoms with Crippen LogP contribution in [0.4, 0.5) is 20.2 Å². The number of ether oxygens (including phenoxy) is 1. The van der Waals surface area contributed by atoms with Crippen LogP contribution < -0.4 is 21.6 Å². The number of piperazine rings is 1. The molecule has 15 heteroatoms. The van der Waals surface area contributed by atoms with Crippen LogP contribution in [0.1, 0.15) is 72.8 Å². The van der Waals surface area contributed by atoms with E-state index >= 15 is 0 Å². The molecule has 2 saturated carbocycles. The van der Waals surface area contributed by atoms with Gasteiger partial charge in [0.15, 0.2) is 0 Å². The molecule has 3 aliphatic rings. The Morgan fingerprint density at radius 2 is 1.59 bits per heavy atom. The lowest BCUT2D eigenvalue weighted by molar-refractivity contribution is -0.138. The maximum Gasteiger partial charge on any atom is 0.407 e. The number of urea groups is 1. The number of anilines is 1. The molecule has 4 N–H and O–H groups in total. The number of hydrogen-bond acceptors (Lipinski definition) is 8. The Morgan fingerprint density at radius 1 is 0.980 bits per heavy atom. The quantitative estimate of drug-likeness (QED) is 0.303. The summed E-state index contributed by atoms with van der Waals surface area (Å²) in [6, 6.07) is 9.97. The number of carbonyl (C=O) groups excluding carboxylic acids is 3. The fourth-order valence-electron chi connectivity index (χ4n) is 7.45. The minimum absolute atomic E-state index is 0.120. The number of nitrogens with zero attached hydrogens (tertiary/aromatic N) is 5. The van der Waals surface area contributed by atoms with E-state index in [0.717, 1.165) is 37.7 Å². The highest BCUT2D eigenvalue weighted by molar-refractivity contribution is 5.90. The third-order valence-corrected chi connectivity index (χ3v) is 10.3. The first kappa shape index (κ1) is 37.6. The molecule has 5 rings (SSSR count). The lowest BCUT2D eigenvalue weighted by Crippen LogP contribution is -2.61. The van der Waals surface area contributed by atoms with Crippen LogP contribution in [0.15, 0.2) is 41.3 Å². The van der Waals surface area contributed by atoms with Gasteiger partial charge in [-0.3, -0.25) is 14.7 Å². The minimum Gasteiger partial charge on any atom is -0.465 e. The van der Waals surface area contributed by atoms with E-state index in [9.17, 15) is 24.0 Å². The van der Waals surface area contributed by atoms with Gasteiger partial charge < -0.3 is 35.2 Å². The number of carbonyl (C=O) groups is 4. The van der Waals surface area contributed by atoms with E-state index in [2.05, 4.69) is 39.8 Å². The summed E-state index contributed by atoms with van der Waals surface area (Å²) in [5.41, 5.74) is -0.160. The second-order valence-corrected chi connectivity index (χ2v) is 15.9. The monoisotopic (exact) mass is 708 g/mol. The third kappa shape index (κ3) is 9.18. The molecule has 15 nitrogen and oxygen atoms in total. The Hall–Kier alpha value is -4.66. The number of hydrogen-bond donors (Lipinski definition) is 4. The topological polar surface area (TPSA) is 178 Å². The van der Waals surface area contributed by atoms with Gasteiger partial charge in [0.25, 0.3) is 0 Å². The summed E-state index contributed by atoms with van der Waals surface area (Å²) in [5.74, 6) is -0.249. The lowest BCUT2D eigenvalue weighted by atomic mass is 9.51. The zero-order valence-electron chi connectivity index (χ0n) is 30.7. The molecule has 1 saturated heterocycles. The molecule has 51 heavy (non-hydrogen) atoms. The van der Waals surface area contributed by atoms with Crippen molar-refractivity contribution < 1.29 is 29.0 Å². The second-order valence-electron chi connectivity index (χ2n) is 15.9. The molecular weight excluding hydrogens is 656 g/mol. The van der Waals surface area contributed by atoms with Crippen molar-refractivity contribution in [1.82, 2.24) is 34.9 Å². The van der Waals surface area contributed by atoms with Crippen LogP contribution in [-0.4, -0.2) is 116 Å². The number of rotatable bonds is 9. The van der Waals surface area contributed by atoms with E-state index in [1.165, 1.54) is 28.2 Å². The highest BCUT2D eigenvalue weighted by Crippen LogP contribution is 2.57. The van der Waals surface area contributed by atoms with Gasteiger partial charge in [-0.25, -0.2) is 19.2 Å². The molecule has 2 aliphatic carbocycles. The lowest BCUT2D eigenvalue weighted by Gasteiger charge is -2.60. The molecule has 2 aromatic rings. The van der Waals surface area contributed by atoms with Gasteiger partial charge in [-0.2, -0.15) is 4.98 Å². The van der Waals surface area contributed by atoms with E-state index in [4.69, 9.17) is 9.84 Å². The number of nitrogens with one attached hydrogen (secondary N) is 3. The Morgan fingerprint density at radius 3 is 2.16 bits per heavy atom. The molecule has 1 aromatic carbocycles. The molecule has 0 radical (unpaired) electrons. The number of benzene rings is 1. The van der Waals surface area contributed by atoms with Crippen LogP contribution in [0.25, 0.3) is 5.69 Å². The molecule has 278 valence electrons. The van der Waals surface area contributed by atoms with E-state index < -0.39 is 29.0 Å². The maximum atomic E-state index is 12.9. The van der Waals surface area contributed by atoms with Crippen molar-refractivity contribution in [2.75, 3.05) is 38.5 Å². The van der Waals surface area contributed by atoms with Crippen molar-refractivity contribution in [2.45, 2.75) is 103 Å². The number of aromatic nitrogens is 2. The molecule has 5 amide bonds. The molecule has 1 aromatic heterocycles. The average Bonchev–Trinajstić information content (AvgIpc) is 3.00. The van der Waals surface area contributed by atoms with Gasteiger partial charge >= 0.3 is 23.9 Å². The average molecular weight is 709 g/mol. The van der Waals surface area contributed by atoms with Gasteiger partial charge in [0.2, 0.25) is 5.91 Å². The summed E-state index contributed by atoms with van der Waals surface area (Å²) in [4.78, 5) is 71.2. The summed E-state index contributed by atoms with van der Waals surface area (Å²) in [6.07, 6.45) is 5.09. The van der Waals surface area contributed by atoms with Crippen LogP contribution in [0.3, 0.4) is 0 Å². The first-order chi connectivity index (χ1) is 23.8. The minimum atomic E-state index is -1.29. The van der Waals surface area contributed by atoms with Gasteiger partial charge in [-0.15, -0.1) is 0 Å². The van der Waals surface area contributed by atoms with Crippen LogP contribution >= 0.6 is 0 Å². The summed E-state index contributed by atoms with van der Waals surface area (Å²) in [7, 11) is 2.18. The van der Waals surface area contributed by atoms with Crippen molar-refractivity contribution in [3.63, 3.8) is 0 Å². The number of alkyl carbamates (subject to hydrolysis) is 1. The normalized spacial score (nSPS) is 22.4. The van der Waals surface area contributed by atoms with Crippen molar-refractivity contribution in [3.05, 3.63) is 52.6 Å². The molecule has 0 bridgehead atoms. The zero-order valence-corrected chi connectivity index (χ0v) is 30.7. The van der Waals surface area contributed by atoms with E-state index in [-0.39, 0.29) is 50.0 Å². The van der Waals surface area contributed by atoms with Crippen LogP contribution in [-0.2, 0) is 16.0 Å². The summed E-state index contributed by atoms with van der Waals surface area (Å²) in [6.45, 7) is 11.8. The fraction of sp³-hybridized carbons (Fsp3) is 0.611. The van der Waals surface area contributed by atoms with Crippen molar-refractivity contribution in [2.24, 2.45) is 5.41 Å². The Kier molecular flexibility index (Phi) is 10.7. The Labute approximate surface area is 298 Å². The van der Waals surface area contributed by atoms with Crippen LogP contribution in [0.5, 0.6) is 0 Å². The molecule has 1 atom stereocenters. The SMILES string of the molecule is CC(Cc1ccc(-n2ccc(NC(=O)N3CCN(C(=O)C(C)(C)NC(=O)O)CC3)nc2=O)cc1)N(C)C1CC2(CC(NC(=O)OC(C)(C)C)C2)C1. The molecule has 1 unspecified atom stereocenters. The second kappa shape index (κ2) is 14.5. The van der Waals surface area contributed by atoms with Crippen LogP contribution in [0, 0.1) is 5.41 Å². The summed E-state index contributed by atoms with van der Waals surface area (Å²) in [5, 5.41) is 16.9. The van der Waals surface area contributed by atoms with Gasteiger partial charge in [-0.1, -0.05) is 12.1 Å². The van der Waals surface area contributed by atoms with E-state index in [0.29, 0.717) is 23.2 Å². The fourth-order valence-corrected chi connectivity index (χ4v) is 7.45. The highest BCUT2D eigenvalue weighted by atomic mass is 16.6. The Balaban J connectivity index is 1.06. The first-order valence-electron chi connectivity index (χ1n) is 17.6. The largest absolute Gasteiger partial charge is 0.465 e. The number of amides is 5. The van der Waals surface area contributed by atoms with E-state index in [1.54, 1.807) is 12.3 Å². The van der Waals surface area contributed by atoms with E-state index in [1.807, 2.05) is 45.0 Å². The van der Waals surface area contributed by atoms with Gasteiger partial charge in [0.1, 0.15) is 17.0 Å². The van der Waals surface area contributed by atoms with Crippen molar-refractivity contribution in [1.29, 1.82) is 0 Å². The van der Waals surface area contributed by atoms with Gasteiger partial charge in [0, 0.05) is 50.5 Å². The number of likely N-dealkylation sites (N-methyl/N-ethyl adjacent to an activating group) is 1. The molecule has 3 fully saturated rings. The molecule has 2 heterocycles. The first-order valence-corrected chi connectivity index (χ1v) is 17.6. The molecular formula is C36H52N8O7. The molecule has 1 aliphatic heterocycles. The van der Waals surface area contributed by atoms with Gasteiger partial charge in [-0.05, 0) is 110 Å². The van der Waals surface area contributed by atoms with Crippen LogP contribution in [0.2, 0.25) is 0 Å². The predicted octanol–water partition coefficient (Wildman–Crippen LogP) is 3.65. The summed E-state index contributed by atoms with van der Waals surface area (Å²) < 4.78 is 6.81. The highest BCUT2D eigenvalue weighted by Gasteiger charge is 2.54. The van der Waals surface area contributed by atoms with Crippen molar-refractivity contribution in [3.8, 4) is 5.69 Å². The summed E-state index contributed by atoms with van der Waals surface area (Å²) >= 11 is 0. The van der Waals surface area contributed by atoms with Crippen molar-refractivity contribution >= 4 is 29.9 Å². The maximum absolute atomic E-state index is 12.9. The van der Waals surface area contributed by atoms with Gasteiger partial charge in [0.05, 0.1) is 5.69 Å². The number of carboxylic acid groups (broad SMARTS) is 1. The smallest absolute Gasteiger partial charge is 0.407 e. The Bertz CT molecular complexity index is 1660. The zero-order chi connectivity index (χ0) is 37.3. The molecule has 1 spiro atoms. The predicted molar refractivity (Wildman–Crippen MR) is 191 cm³/mol. The third-order valence-electron chi connectivity index (χ3n) is 10.3. The standard InChI is InChI=1S/C36H52N8O7/c1-23(41(7)27-21-36(22-27)19-25(20-36)37-33(50)51-34(2,3)4)18-24-8-10-26(11-9-24)44-13-12-28(39-31(44)47)38-30(46)43-16-14-42(15-17-43)29(45)35(5,6)40-32(48)49/h8-13,23,25,27,40H,14-22H2,1-7H3,(H,37,50)(H,48,49)(H,38,39,46,47).